The van der Waals surface area contributed by atoms with E-state index in [1.54, 1.807) is 0 Å². The average Bonchev–Trinajstić information content (AvgIpc) is 2.71. The van der Waals surface area contributed by atoms with Gasteiger partial charge in [-0.1, -0.05) is 32.0 Å². The summed E-state index contributed by atoms with van der Waals surface area (Å²) >= 11 is 0. The highest BCUT2D eigenvalue weighted by molar-refractivity contribution is 5.35. The summed E-state index contributed by atoms with van der Waals surface area (Å²) in [5.74, 6) is 0.947. The van der Waals surface area contributed by atoms with E-state index in [9.17, 15) is 0 Å². The molecule has 1 aliphatic heterocycles. The van der Waals surface area contributed by atoms with Crippen molar-refractivity contribution in [1.29, 1.82) is 0 Å². The van der Waals surface area contributed by atoms with Crippen LogP contribution in [-0.4, -0.2) is 26.3 Å². The fourth-order valence-corrected chi connectivity index (χ4v) is 2.79. The zero-order chi connectivity index (χ0) is 14.4. The van der Waals surface area contributed by atoms with Crippen molar-refractivity contribution in [2.24, 2.45) is 5.41 Å². The Morgan fingerprint density at radius 2 is 2.00 bits per heavy atom. The van der Waals surface area contributed by atoms with Gasteiger partial charge in [-0.25, -0.2) is 0 Å². The highest BCUT2D eigenvalue weighted by Gasteiger charge is 2.31. The molecule has 1 aromatic carbocycles. The monoisotopic (exact) mass is 277 g/mol. The van der Waals surface area contributed by atoms with Crippen molar-refractivity contribution in [1.82, 2.24) is 5.32 Å². The molecule has 0 spiro atoms. The van der Waals surface area contributed by atoms with Crippen molar-refractivity contribution in [3.63, 3.8) is 0 Å². The molecule has 1 aliphatic rings. The van der Waals surface area contributed by atoms with Crippen LogP contribution in [0, 0.1) is 5.41 Å². The molecule has 1 heterocycles. The van der Waals surface area contributed by atoms with Gasteiger partial charge in [-0.15, -0.1) is 0 Å². The molecule has 1 aromatic rings. The quantitative estimate of drug-likeness (QED) is 0.892. The van der Waals surface area contributed by atoms with Crippen molar-refractivity contribution in [2.75, 3.05) is 26.3 Å². The van der Waals surface area contributed by atoms with Crippen molar-refractivity contribution in [3.05, 3.63) is 29.8 Å². The number of benzene rings is 1. The molecule has 112 valence electrons. The fraction of sp³-hybridized carbons (Fsp3) is 0.647. The van der Waals surface area contributed by atoms with Gasteiger partial charge in [0.15, 0.2) is 0 Å². The number of para-hydroxylation sites is 1. The molecule has 0 radical (unpaired) electrons. The van der Waals surface area contributed by atoms with E-state index in [0.29, 0.717) is 6.61 Å². The molecular formula is C17H27NO2. The molecule has 0 aromatic heterocycles. The van der Waals surface area contributed by atoms with E-state index in [0.717, 1.165) is 43.9 Å². The van der Waals surface area contributed by atoms with Gasteiger partial charge in [-0.3, -0.25) is 0 Å². The van der Waals surface area contributed by atoms with Gasteiger partial charge in [0.05, 0.1) is 19.3 Å². The summed E-state index contributed by atoms with van der Waals surface area (Å²) in [6, 6.07) is 8.21. The zero-order valence-corrected chi connectivity index (χ0v) is 12.9. The summed E-state index contributed by atoms with van der Waals surface area (Å²) in [5, 5.41) is 3.58. The SMILES string of the molecule is CCOc1ccccc1C1CNCC(CC)(CC)CO1. The first-order valence-corrected chi connectivity index (χ1v) is 7.78. The lowest BCUT2D eigenvalue weighted by molar-refractivity contribution is 0.00910. The van der Waals surface area contributed by atoms with Crippen molar-refractivity contribution in [2.45, 2.75) is 39.7 Å². The number of rotatable bonds is 5. The molecule has 1 saturated heterocycles. The maximum atomic E-state index is 6.23. The third-order valence-corrected chi connectivity index (χ3v) is 4.49. The van der Waals surface area contributed by atoms with Gasteiger partial charge in [0.25, 0.3) is 0 Å². The van der Waals surface area contributed by atoms with Crippen LogP contribution < -0.4 is 10.1 Å². The molecule has 1 unspecified atom stereocenters. The van der Waals surface area contributed by atoms with Crippen molar-refractivity contribution < 1.29 is 9.47 Å². The number of ether oxygens (including phenoxy) is 2. The molecule has 1 fully saturated rings. The predicted molar refractivity (Wildman–Crippen MR) is 82.2 cm³/mol. The maximum absolute atomic E-state index is 6.23. The summed E-state index contributed by atoms with van der Waals surface area (Å²) in [6.45, 7) is 9.91. The average molecular weight is 277 g/mol. The Balaban J connectivity index is 2.14. The van der Waals surface area contributed by atoms with Gasteiger partial charge >= 0.3 is 0 Å². The third kappa shape index (κ3) is 3.33. The highest BCUT2D eigenvalue weighted by Crippen LogP contribution is 2.34. The molecular weight excluding hydrogens is 250 g/mol. The van der Waals surface area contributed by atoms with Gasteiger partial charge in [0.1, 0.15) is 5.75 Å². The summed E-state index contributed by atoms with van der Waals surface area (Å²) in [4.78, 5) is 0. The van der Waals surface area contributed by atoms with Crippen LogP contribution in [-0.2, 0) is 4.74 Å². The number of nitrogens with one attached hydrogen (secondary N) is 1. The van der Waals surface area contributed by atoms with Crippen LogP contribution in [0.4, 0.5) is 0 Å². The predicted octanol–water partition coefficient (Wildman–Crippen LogP) is 3.55. The summed E-state index contributed by atoms with van der Waals surface area (Å²) in [7, 11) is 0. The van der Waals surface area contributed by atoms with E-state index in [-0.39, 0.29) is 11.5 Å². The van der Waals surface area contributed by atoms with Crippen molar-refractivity contribution in [3.8, 4) is 5.75 Å². The summed E-state index contributed by atoms with van der Waals surface area (Å²) in [5.41, 5.74) is 1.43. The normalized spacial score (nSPS) is 22.2. The number of hydrogen-bond acceptors (Lipinski definition) is 3. The fourth-order valence-electron chi connectivity index (χ4n) is 2.79. The van der Waals surface area contributed by atoms with Gasteiger partial charge in [0.2, 0.25) is 0 Å². The van der Waals surface area contributed by atoms with E-state index in [1.165, 1.54) is 0 Å². The van der Waals surface area contributed by atoms with Gasteiger partial charge in [0, 0.05) is 24.1 Å². The van der Waals surface area contributed by atoms with E-state index in [2.05, 4.69) is 31.3 Å². The molecule has 20 heavy (non-hydrogen) atoms. The topological polar surface area (TPSA) is 30.5 Å². The first-order valence-electron chi connectivity index (χ1n) is 7.78. The highest BCUT2D eigenvalue weighted by atomic mass is 16.5. The first-order chi connectivity index (χ1) is 9.74. The van der Waals surface area contributed by atoms with Crippen LogP contribution in [0.1, 0.15) is 45.3 Å². The van der Waals surface area contributed by atoms with Gasteiger partial charge in [-0.2, -0.15) is 0 Å². The molecule has 3 heteroatoms. The molecule has 0 bridgehead atoms. The van der Waals surface area contributed by atoms with Crippen LogP contribution in [0.15, 0.2) is 24.3 Å². The van der Waals surface area contributed by atoms with Crippen LogP contribution in [0.5, 0.6) is 5.75 Å². The second kappa shape index (κ2) is 7.09. The zero-order valence-electron chi connectivity index (χ0n) is 12.9. The van der Waals surface area contributed by atoms with Crippen molar-refractivity contribution >= 4 is 0 Å². The van der Waals surface area contributed by atoms with Crippen LogP contribution in [0.3, 0.4) is 0 Å². The minimum absolute atomic E-state index is 0.0812. The summed E-state index contributed by atoms with van der Waals surface area (Å²) in [6.07, 6.45) is 2.38. The standard InChI is InChI=1S/C17H27NO2/c1-4-17(5-2)12-18-11-16(20-13-17)14-9-7-8-10-15(14)19-6-3/h7-10,16,18H,4-6,11-13H2,1-3H3. The first kappa shape index (κ1) is 15.3. The van der Waals surface area contributed by atoms with Crippen LogP contribution in [0.2, 0.25) is 0 Å². The molecule has 0 amide bonds. The smallest absolute Gasteiger partial charge is 0.125 e. The minimum Gasteiger partial charge on any atom is -0.493 e. The Hall–Kier alpha value is -1.06. The Kier molecular flexibility index (Phi) is 5.44. The molecule has 1 atom stereocenters. The lowest BCUT2D eigenvalue weighted by Gasteiger charge is -2.29. The summed E-state index contributed by atoms with van der Waals surface area (Å²) < 4.78 is 12.0. The molecule has 3 nitrogen and oxygen atoms in total. The minimum atomic E-state index is 0.0812. The van der Waals surface area contributed by atoms with E-state index < -0.39 is 0 Å². The van der Waals surface area contributed by atoms with E-state index in [4.69, 9.17) is 9.47 Å². The Morgan fingerprint density at radius 3 is 2.70 bits per heavy atom. The van der Waals surface area contributed by atoms with E-state index in [1.807, 2.05) is 19.1 Å². The molecule has 0 aliphatic carbocycles. The van der Waals surface area contributed by atoms with Crippen LogP contribution >= 0.6 is 0 Å². The molecule has 2 rings (SSSR count). The second-order valence-electron chi connectivity index (χ2n) is 5.61. The van der Waals surface area contributed by atoms with E-state index >= 15 is 0 Å². The van der Waals surface area contributed by atoms with Gasteiger partial charge in [-0.05, 0) is 25.8 Å². The molecule has 0 saturated carbocycles. The van der Waals surface area contributed by atoms with Gasteiger partial charge < -0.3 is 14.8 Å². The largest absolute Gasteiger partial charge is 0.493 e. The second-order valence-corrected chi connectivity index (χ2v) is 5.61. The maximum Gasteiger partial charge on any atom is 0.125 e. The lowest BCUT2D eigenvalue weighted by Crippen LogP contribution is -2.34. The van der Waals surface area contributed by atoms with Crippen LogP contribution in [0.25, 0.3) is 0 Å². The molecule has 1 N–H and O–H groups in total. The Bertz CT molecular complexity index is 415. The third-order valence-electron chi connectivity index (χ3n) is 4.49. The Morgan fingerprint density at radius 1 is 1.25 bits per heavy atom. The lowest BCUT2D eigenvalue weighted by atomic mass is 9.83. The Labute approximate surface area is 122 Å². The number of hydrogen-bond donors (Lipinski definition) is 1.